The number of rotatable bonds is 3. The maximum atomic E-state index is 12.9. The number of phenolic OH excluding ortho intramolecular Hbond substituents is 1. The van der Waals surface area contributed by atoms with E-state index in [-0.39, 0.29) is 11.6 Å². The minimum atomic E-state index is -0.557. The van der Waals surface area contributed by atoms with E-state index in [1.165, 1.54) is 12.1 Å². The van der Waals surface area contributed by atoms with Crippen LogP contribution in [0.1, 0.15) is 22.7 Å². The Morgan fingerprint density at radius 1 is 1.15 bits per heavy atom. The van der Waals surface area contributed by atoms with Crippen molar-refractivity contribution in [2.45, 2.75) is 19.9 Å². The molecule has 0 amide bonds. The Kier molecular flexibility index (Phi) is 3.90. The lowest BCUT2D eigenvalue weighted by atomic mass is 10.0. The topological polar surface area (TPSA) is 56.0 Å². The van der Waals surface area contributed by atoms with Crippen LogP contribution in [-0.4, -0.2) is 5.11 Å². The number of halogens is 1. The fourth-order valence-electron chi connectivity index (χ4n) is 2.06. The Balaban J connectivity index is 2.29. The van der Waals surface area contributed by atoms with Crippen LogP contribution in [0.4, 0.5) is 10.1 Å². The highest BCUT2D eigenvalue weighted by Crippen LogP contribution is 2.27. The SMILES string of the molecule is Cc1cc(C(C#N)Nc2ccc(F)cc2)cc(C)c1O. The summed E-state index contributed by atoms with van der Waals surface area (Å²) in [5.74, 6) is -0.0763. The fraction of sp³-hybridized carbons (Fsp3) is 0.188. The molecule has 0 heterocycles. The van der Waals surface area contributed by atoms with Crippen molar-refractivity contribution in [1.29, 1.82) is 5.26 Å². The second-order valence-electron chi connectivity index (χ2n) is 4.72. The maximum Gasteiger partial charge on any atom is 0.140 e. The van der Waals surface area contributed by atoms with Gasteiger partial charge >= 0.3 is 0 Å². The summed E-state index contributed by atoms with van der Waals surface area (Å²) in [4.78, 5) is 0. The van der Waals surface area contributed by atoms with Gasteiger partial charge in [-0.3, -0.25) is 0 Å². The average Bonchev–Trinajstić information content (AvgIpc) is 2.43. The third-order valence-corrected chi connectivity index (χ3v) is 3.13. The normalized spacial score (nSPS) is 11.7. The molecule has 20 heavy (non-hydrogen) atoms. The van der Waals surface area contributed by atoms with Crippen molar-refractivity contribution in [3.63, 3.8) is 0 Å². The van der Waals surface area contributed by atoms with E-state index >= 15 is 0 Å². The number of aromatic hydroxyl groups is 1. The van der Waals surface area contributed by atoms with E-state index in [1.54, 1.807) is 38.1 Å². The second kappa shape index (κ2) is 5.62. The van der Waals surface area contributed by atoms with Crippen LogP contribution >= 0.6 is 0 Å². The van der Waals surface area contributed by atoms with Gasteiger partial charge in [0.1, 0.15) is 17.6 Å². The number of hydrogen-bond acceptors (Lipinski definition) is 3. The van der Waals surface area contributed by atoms with Gasteiger partial charge in [-0.05, 0) is 66.9 Å². The standard InChI is InChI=1S/C16H15FN2O/c1-10-7-12(8-11(2)16(10)20)15(9-18)19-14-5-3-13(17)4-6-14/h3-8,15,19-20H,1-2H3. The first-order valence-electron chi connectivity index (χ1n) is 6.23. The smallest absolute Gasteiger partial charge is 0.140 e. The molecule has 1 atom stereocenters. The first kappa shape index (κ1) is 13.9. The van der Waals surface area contributed by atoms with Crippen LogP contribution in [0.5, 0.6) is 5.75 Å². The highest BCUT2D eigenvalue weighted by Gasteiger charge is 2.13. The van der Waals surface area contributed by atoms with Gasteiger partial charge in [-0.2, -0.15) is 5.26 Å². The number of hydrogen-bond donors (Lipinski definition) is 2. The third-order valence-electron chi connectivity index (χ3n) is 3.13. The lowest BCUT2D eigenvalue weighted by molar-refractivity contribution is 0.466. The van der Waals surface area contributed by atoms with E-state index < -0.39 is 6.04 Å². The first-order valence-corrected chi connectivity index (χ1v) is 6.23. The molecule has 0 fully saturated rings. The van der Waals surface area contributed by atoms with Gasteiger partial charge in [0, 0.05) is 5.69 Å². The van der Waals surface area contributed by atoms with E-state index in [1.807, 2.05) is 0 Å². The van der Waals surface area contributed by atoms with E-state index in [9.17, 15) is 14.8 Å². The van der Waals surface area contributed by atoms with Crippen LogP contribution in [-0.2, 0) is 0 Å². The quantitative estimate of drug-likeness (QED) is 0.891. The number of nitrogens with one attached hydrogen (secondary N) is 1. The molecule has 102 valence electrons. The van der Waals surface area contributed by atoms with Gasteiger partial charge in [0.15, 0.2) is 0 Å². The summed E-state index contributed by atoms with van der Waals surface area (Å²) in [6.45, 7) is 3.58. The molecule has 0 saturated heterocycles. The Hall–Kier alpha value is -2.54. The summed E-state index contributed by atoms with van der Waals surface area (Å²) in [7, 11) is 0. The van der Waals surface area contributed by atoms with Crippen LogP contribution in [0.2, 0.25) is 0 Å². The van der Waals surface area contributed by atoms with Crippen molar-refractivity contribution in [2.75, 3.05) is 5.32 Å². The van der Waals surface area contributed by atoms with Crippen molar-refractivity contribution in [2.24, 2.45) is 0 Å². The second-order valence-corrected chi connectivity index (χ2v) is 4.72. The molecule has 0 aliphatic heterocycles. The number of nitrogens with zero attached hydrogens (tertiary/aromatic N) is 1. The lowest BCUT2D eigenvalue weighted by Gasteiger charge is -2.15. The Labute approximate surface area is 117 Å². The number of nitriles is 1. The number of phenols is 1. The average molecular weight is 270 g/mol. The summed E-state index contributed by atoms with van der Waals surface area (Å²) >= 11 is 0. The largest absolute Gasteiger partial charge is 0.507 e. The van der Waals surface area contributed by atoms with E-state index in [0.717, 1.165) is 16.7 Å². The van der Waals surface area contributed by atoms with Crippen LogP contribution < -0.4 is 5.32 Å². The van der Waals surface area contributed by atoms with Gasteiger partial charge in [-0.1, -0.05) is 0 Å². The van der Waals surface area contributed by atoms with Gasteiger partial charge in [0.05, 0.1) is 6.07 Å². The molecule has 0 spiro atoms. The molecule has 0 radical (unpaired) electrons. The zero-order valence-corrected chi connectivity index (χ0v) is 11.3. The Morgan fingerprint density at radius 2 is 1.70 bits per heavy atom. The van der Waals surface area contributed by atoms with Crippen molar-refractivity contribution >= 4 is 5.69 Å². The van der Waals surface area contributed by atoms with Crippen LogP contribution in [0.25, 0.3) is 0 Å². The Bertz CT molecular complexity index is 636. The molecule has 4 heteroatoms. The molecule has 0 bridgehead atoms. The predicted octanol–water partition coefficient (Wildman–Crippen LogP) is 3.82. The first-order chi connectivity index (χ1) is 9.51. The minimum absolute atomic E-state index is 0.243. The molecule has 0 aliphatic rings. The van der Waals surface area contributed by atoms with Gasteiger partial charge in [0.25, 0.3) is 0 Å². The molecular weight excluding hydrogens is 255 g/mol. The highest BCUT2D eigenvalue weighted by molar-refractivity contribution is 5.50. The highest BCUT2D eigenvalue weighted by atomic mass is 19.1. The summed E-state index contributed by atoms with van der Waals surface area (Å²) in [5, 5.41) is 22.1. The number of anilines is 1. The summed E-state index contributed by atoms with van der Waals surface area (Å²) in [5.41, 5.74) is 2.88. The van der Waals surface area contributed by atoms with Crippen molar-refractivity contribution in [3.8, 4) is 11.8 Å². The molecule has 2 N–H and O–H groups in total. The molecule has 0 aliphatic carbocycles. The van der Waals surface area contributed by atoms with Crippen molar-refractivity contribution in [1.82, 2.24) is 0 Å². The number of benzene rings is 2. The van der Waals surface area contributed by atoms with Crippen LogP contribution in [0, 0.1) is 31.0 Å². The van der Waals surface area contributed by atoms with Crippen molar-refractivity contribution in [3.05, 3.63) is 58.9 Å². The van der Waals surface area contributed by atoms with E-state index in [0.29, 0.717) is 5.69 Å². The summed E-state index contributed by atoms with van der Waals surface area (Å²) in [6, 6.07) is 11.0. The van der Waals surface area contributed by atoms with Crippen LogP contribution in [0.3, 0.4) is 0 Å². The van der Waals surface area contributed by atoms with E-state index in [4.69, 9.17) is 0 Å². The summed E-state index contributed by atoms with van der Waals surface area (Å²) in [6.07, 6.45) is 0. The third kappa shape index (κ3) is 2.89. The molecule has 0 aromatic heterocycles. The minimum Gasteiger partial charge on any atom is -0.507 e. The molecule has 2 aromatic carbocycles. The summed E-state index contributed by atoms with van der Waals surface area (Å²) < 4.78 is 12.9. The van der Waals surface area contributed by atoms with E-state index in [2.05, 4.69) is 11.4 Å². The van der Waals surface area contributed by atoms with Gasteiger partial charge in [-0.25, -0.2) is 4.39 Å². The van der Waals surface area contributed by atoms with Crippen LogP contribution in [0.15, 0.2) is 36.4 Å². The van der Waals surface area contributed by atoms with Gasteiger partial charge in [0.2, 0.25) is 0 Å². The fourth-order valence-corrected chi connectivity index (χ4v) is 2.06. The lowest BCUT2D eigenvalue weighted by Crippen LogP contribution is -2.09. The van der Waals surface area contributed by atoms with Crippen molar-refractivity contribution < 1.29 is 9.50 Å². The zero-order valence-electron chi connectivity index (χ0n) is 11.3. The monoisotopic (exact) mass is 270 g/mol. The van der Waals surface area contributed by atoms with Gasteiger partial charge in [-0.15, -0.1) is 0 Å². The molecule has 3 nitrogen and oxygen atoms in total. The number of aryl methyl sites for hydroxylation is 2. The molecule has 1 unspecified atom stereocenters. The molecule has 2 rings (SSSR count). The van der Waals surface area contributed by atoms with Gasteiger partial charge < -0.3 is 10.4 Å². The molecular formula is C16H15FN2O. The maximum absolute atomic E-state index is 12.9. The molecule has 2 aromatic rings. The zero-order chi connectivity index (χ0) is 14.7. The Morgan fingerprint density at radius 3 is 2.20 bits per heavy atom. The molecule has 0 saturated carbocycles. The predicted molar refractivity (Wildman–Crippen MR) is 76.0 cm³/mol.